The molecule has 1 spiro atoms. The SMILES string of the molecule is Cc1cnc(C(C)N2CC(=O)NC3(CCCC3)C2=O)s1. The minimum absolute atomic E-state index is 0.0494. The third-order valence-corrected chi connectivity index (χ3v) is 5.37. The molecule has 3 rings (SSSR count). The van der Waals surface area contributed by atoms with Crippen LogP contribution in [-0.2, 0) is 9.59 Å². The molecule has 1 aromatic rings. The lowest BCUT2D eigenvalue weighted by Crippen LogP contribution is -2.65. The fraction of sp³-hybridized carbons (Fsp3) is 0.643. The van der Waals surface area contributed by atoms with E-state index in [4.69, 9.17) is 0 Å². The van der Waals surface area contributed by atoms with Crippen molar-refractivity contribution in [2.45, 2.75) is 51.1 Å². The van der Waals surface area contributed by atoms with Crippen molar-refractivity contribution in [3.63, 3.8) is 0 Å². The van der Waals surface area contributed by atoms with Gasteiger partial charge in [0.2, 0.25) is 11.8 Å². The number of nitrogens with one attached hydrogen (secondary N) is 1. The number of aryl methyl sites for hydroxylation is 1. The van der Waals surface area contributed by atoms with Crippen LogP contribution in [0.4, 0.5) is 0 Å². The van der Waals surface area contributed by atoms with Crippen molar-refractivity contribution in [2.24, 2.45) is 0 Å². The van der Waals surface area contributed by atoms with Gasteiger partial charge < -0.3 is 10.2 Å². The van der Waals surface area contributed by atoms with Gasteiger partial charge in [-0.1, -0.05) is 12.8 Å². The van der Waals surface area contributed by atoms with Crippen molar-refractivity contribution in [2.75, 3.05) is 6.54 Å². The first-order chi connectivity index (χ1) is 9.52. The molecule has 1 aliphatic heterocycles. The molecule has 1 aliphatic carbocycles. The van der Waals surface area contributed by atoms with Gasteiger partial charge in [-0.25, -0.2) is 4.98 Å². The van der Waals surface area contributed by atoms with Gasteiger partial charge in [-0.2, -0.15) is 0 Å². The van der Waals surface area contributed by atoms with E-state index in [-0.39, 0.29) is 24.4 Å². The quantitative estimate of drug-likeness (QED) is 0.904. The zero-order valence-electron chi connectivity index (χ0n) is 11.8. The molecule has 2 aliphatic rings. The largest absolute Gasteiger partial charge is 0.340 e. The molecule has 108 valence electrons. The molecule has 6 heteroatoms. The van der Waals surface area contributed by atoms with Gasteiger partial charge in [0.05, 0.1) is 6.04 Å². The highest BCUT2D eigenvalue weighted by Gasteiger charge is 2.49. The summed E-state index contributed by atoms with van der Waals surface area (Å²) in [6, 6.07) is -0.135. The van der Waals surface area contributed by atoms with E-state index in [2.05, 4.69) is 10.3 Å². The molecule has 1 unspecified atom stereocenters. The van der Waals surface area contributed by atoms with Gasteiger partial charge in [0, 0.05) is 11.1 Å². The first-order valence-corrected chi connectivity index (χ1v) is 7.88. The third-order valence-electron chi connectivity index (χ3n) is 4.28. The Hall–Kier alpha value is -1.43. The summed E-state index contributed by atoms with van der Waals surface area (Å²) >= 11 is 1.59. The lowest BCUT2D eigenvalue weighted by molar-refractivity contribution is -0.152. The number of hydrogen-bond donors (Lipinski definition) is 1. The molecule has 1 aromatic heterocycles. The van der Waals surface area contributed by atoms with Gasteiger partial charge in [0.15, 0.2) is 0 Å². The fourth-order valence-electron chi connectivity index (χ4n) is 3.19. The van der Waals surface area contributed by atoms with E-state index < -0.39 is 5.54 Å². The van der Waals surface area contributed by atoms with Gasteiger partial charge >= 0.3 is 0 Å². The van der Waals surface area contributed by atoms with Crippen LogP contribution < -0.4 is 5.32 Å². The van der Waals surface area contributed by atoms with Crippen LogP contribution in [-0.4, -0.2) is 33.8 Å². The van der Waals surface area contributed by atoms with Crippen LogP contribution in [0.2, 0.25) is 0 Å². The van der Waals surface area contributed by atoms with Gasteiger partial charge in [0.25, 0.3) is 0 Å². The number of piperazine rings is 1. The molecule has 0 radical (unpaired) electrons. The molecule has 2 heterocycles. The Kier molecular flexibility index (Phi) is 3.28. The Morgan fingerprint density at radius 3 is 2.70 bits per heavy atom. The number of nitrogens with zero attached hydrogens (tertiary/aromatic N) is 2. The second kappa shape index (κ2) is 4.84. The average molecular weight is 293 g/mol. The van der Waals surface area contributed by atoms with Crippen LogP contribution in [0.15, 0.2) is 6.20 Å². The summed E-state index contributed by atoms with van der Waals surface area (Å²) in [5.41, 5.74) is -0.643. The first-order valence-electron chi connectivity index (χ1n) is 7.06. The van der Waals surface area contributed by atoms with Crippen molar-refractivity contribution < 1.29 is 9.59 Å². The Labute approximate surface area is 122 Å². The zero-order valence-corrected chi connectivity index (χ0v) is 12.6. The number of thiazole rings is 1. The molecule has 0 bridgehead atoms. The fourth-order valence-corrected chi connectivity index (χ4v) is 4.03. The molecule has 0 aromatic carbocycles. The Morgan fingerprint density at radius 1 is 1.40 bits per heavy atom. The topological polar surface area (TPSA) is 62.3 Å². The Balaban J connectivity index is 1.88. The van der Waals surface area contributed by atoms with Crippen molar-refractivity contribution >= 4 is 23.2 Å². The molecule has 1 atom stereocenters. The molecular formula is C14H19N3O2S. The van der Waals surface area contributed by atoms with E-state index in [0.29, 0.717) is 0 Å². The Morgan fingerprint density at radius 2 is 2.10 bits per heavy atom. The van der Waals surface area contributed by atoms with Crippen LogP contribution in [0.5, 0.6) is 0 Å². The first kappa shape index (κ1) is 13.5. The van der Waals surface area contributed by atoms with E-state index in [0.717, 1.165) is 35.6 Å². The lowest BCUT2D eigenvalue weighted by Gasteiger charge is -2.41. The summed E-state index contributed by atoms with van der Waals surface area (Å²) in [7, 11) is 0. The molecule has 1 saturated carbocycles. The summed E-state index contributed by atoms with van der Waals surface area (Å²) in [6.45, 7) is 4.09. The smallest absolute Gasteiger partial charge is 0.249 e. The van der Waals surface area contributed by atoms with Crippen LogP contribution in [0.25, 0.3) is 0 Å². The minimum Gasteiger partial charge on any atom is -0.340 e. The zero-order chi connectivity index (χ0) is 14.3. The highest BCUT2D eigenvalue weighted by Crippen LogP contribution is 2.36. The summed E-state index contributed by atoms with van der Waals surface area (Å²) in [4.78, 5) is 32.0. The molecule has 5 nitrogen and oxygen atoms in total. The Bertz CT molecular complexity index is 548. The maximum atomic E-state index is 12.8. The van der Waals surface area contributed by atoms with E-state index >= 15 is 0 Å². The normalized spacial score (nSPS) is 23.2. The van der Waals surface area contributed by atoms with Crippen molar-refractivity contribution in [1.82, 2.24) is 15.2 Å². The summed E-state index contributed by atoms with van der Waals surface area (Å²) in [5.74, 6) is 0.0154. The van der Waals surface area contributed by atoms with Crippen LogP contribution in [0.3, 0.4) is 0 Å². The van der Waals surface area contributed by atoms with Crippen LogP contribution in [0.1, 0.15) is 48.5 Å². The summed E-state index contributed by atoms with van der Waals surface area (Å²) < 4.78 is 0. The van der Waals surface area contributed by atoms with Crippen molar-refractivity contribution in [1.29, 1.82) is 0 Å². The predicted molar refractivity (Wildman–Crippen MR) is 76.3 cm³/mol. The maximum absolute atomic E-state index is 12.8. The number of amides is 2. The number of rotatable bonds is 2. The minimum atomic E-state index is -0.643. The molecule has 1 saturated heterocycles. The molecular weight excluding hydrogens is 274 g/mol. The van der Waals surface area contributed by atoms with E-state index in [1.54, 1.807) is 16.2 Å². The standard InChI is InChI=1S/C14H19N3O2S/c1-9-7-15-12(20-9)10(2)17-8-11(18)16-14(13(17)19)5-3-4-6-14/h7,10H,3-6,8H2,1-2H3,(H,16,18). The number of hydrogen-bond acceptors (Lipinski definition) is 4. The summed E-state index contributed by atoms with van der Waals surface area (Å²) in [6.07, 6.45) is 5.35. The van der Waals surface area contributed by atoms with Gasteiger partial charge in [-0.05, 0) is 26.7 Å². The maximum Gasteiger partial charge on any atom is 0.249 e. The van der Waals surface area contributed by atoms with Crippen LogP contribution in [0, 0.1) is 6.92 Å². The lowest BCUT2D eigenvalue weighted by atomic mass is 9.92. The third kappa shape index (κ3) is 2.12. The average Bonchev–Trinajstić information content (AvgIpc) is 3.03. The number of carbonyl (C=O) groups excluding carboxylic acids is 2. The van der Waals surface area contributed by atoms with Crippen molar-refractivity contribution in [3.05, 3.63) is 16.1 Å². The summed E-state index contributed by atoms with van der Waals surface area (Å²) in [5, 5.41) is 3.84. The van der Waals surface area contributed by atoms with Crippen molar-refractivity contribution in [3.8, 4) is 0 Å². The number of carbonyl (C=O) groups is 2. The van der Waals surface area contributed by atoms with Gasteiger partial charge in [-0.15, -0.1) is 11.3 Å². The van der Waals surface area contributed by atoms with E-state index in [1.807, 2.05) is 20.0 Å². The molecule has 2 fully saturated rings. The number of aromatic nitrogens is 1. The van der Waals surface area contributed by atoms with E-state index in [9.17, 15) is 9.59 Å². The molecule has 2 amide bonds. The highest BCUT2D eigenvalue weighted by molar-refractivity contribution is 7.11. The van der Waals surface area contributed by atoms with E-state index in [1.165, 1.54) is 0 Å². The molecule has 20 heavy (non-hydrogen) atoms. The highest BCUT2D eigenvalue weighted by atomic mass is 32.1. The molecule has 1 N–H and O–H groups in total. The van der Waals surface area contributed by atoms with Gasteiger partial charge in [-0.3, -0.25) is 9.59 Å². The second-order valence-electron chi connectivity index (χ2n) is 5.76. The monoisotopic (exact) mass is 293 g/mol. The van der Waals surface area contributed by atoms with Gasteiger partial charge in [0.1, 0.15) is 17.1 Å². The van der Waals surface area contributed by atoms with Crippen LogP contribution >= 0.6 is 11.3 Å². The second-order valence-corrected chi connectivity index (χ2v) is 7.02. The predicted octanol–water partition coefficient (Wildman–Crippen LogP) is 1.78.